The highest BCUT2D eigenvalue weighted by Crippen LogP contribution is 2.49. The number of hydrogen-bond acceptors (Lipinski definition) is 14. The third-order valence-electron chi connectivity index (χ3n) is 10.2. The molecule has 0 heterocycles. The van der Waals surface area contributed by atoms with Gasteiger partial charge in [-0.15, -0.1) is 0 Å². The van der Waals surface area contributed by atoms with Crippen LogP contribution < -0.4 is 0 Å². The number of esters is 2. The molecule has 0 aliphatic heterocycles. The summed E-state index contributed by atoms with van der Waals surface area (Å²) in [4.78, 5) is 54.3. The van der Waals surface area contributed by atoms with Crippen molar-refractivity contribution in [3.05, 3.63) is 97.2 Å². The maximum absolute atomic E-state index is 13.0. The molecule has 0 amide bonds. The van der Waals surface area contributed by atoms with E-state index in [2.05, 4.69) is 67.0 Å². The zero-order valence-corrected chi connectivity index (χ0v) is 41.6. The van der Waals surface area contributed by atoms with Crippen LogP contribution in [0.5, 0.6) is 0 Å². The van der Waals surface area contributed by atoms with Crippen molar-refractivity contribution >= 4 is 27.6 Å². The van der Waals surface area contributed by atoms with E-state index in [9.17, 15) is 58.9 Å². The lowest BCUT2D eigenvalue weighted by molar-refractivity contribution is -0.216. The van der Waals surface area contributed by atoms with Crippen LogP contribution in [0, 0.1) is 0 Å². The monoisotopic (exact) mass is 1000 g/mol. The number of unbranched alkanes of at least 4 members (excludes halogenated alkanes) is 8. The van der Waals surface area contributed by atoms with Gasteiger partial charge in [0.1, 0.15) is 43.2 Å². The Morgan fingerprint density at radius 2 is 1.09 bits per heavy atom. The predicted octanol–water partition coefficient (Wildman–Crippen LogP) is 8.14. The Labute approximate surface area is 403 Å². The van der Waals surface area contributed by atoms with Gasteiger partial charge in [-0.3, -0.25) is 23.2 Å². The highest BCUT2D eigenvalue weighted by atomic mass is 31.2. The number of carbonyl (C=O) groups excluding carboxylic acids is 2. The molecule has 388 valence electrons. The maximum Gasteiger partial charge on any atom is 0.472 e. The van der Waals surface area contributed by atoms with E-state index in [4.69, 9.17) is 18.5 Å². The molecule has 0 aromatic rings. The Balaban J connectivity index is 2.68. The minimum Gasteiger partial charge on any atom is -0.462 e. The van der Waals surface area contributed by atoms with Gasteiger partial charge in [0.2, 0.25) is 0 Å². The first-order valence-electron chi connectivity index (χ1n) is 23.9. The van der Waals surface area contributed by atoms with Crippen molar-refractivity contribution in [2.24, 2.45) is 0 Å². The lowest BCUT2D eigenvalue weighted by Gasteiger charge is -2.43. The number of aliphatic hydroxyl groups excluding tert-OH is 5. The number of phosphoric acid groups is 2. The summed E-state index contributed by atoms with van der Waals surface area (Å²) in [6, 6.07) is 0. The van der Waals surface area contributed by atoms with Crippen molar-refractivity contribution in [1.29, 1.82) is 0 Å². The summed E-state index contributed by atoms with van der Waals surface area (Å²) in [5.74, 6) is -1.35. The first-order chi connectivity index (χ1) is 32.5. The van der Waals surface area contributed by atoms with Gasteiger partial charge >= 0.3 is 27.6 Å². The number of hydrogen-bond donors (Lipinski definition) is 8. The number of rotatable bonds is 38. The van der Waals surface area contributed by atoms with E-state index >= 15 is 0 Å². The van der Waals surface area contributed by atoms with Gasteiger partial charge < -0.3 is 49.7 Å². The molecule has 1 aliphatic rings. The van der Waals surface area contributed by atoms with E-state index in [-0.39, 0.29) is 12.8 Å². The Bertz CT molecular complexity index is 1700. The standard InChI is InChI=1S/C49H80O17P2/c1-3-5-7-9-11-12-13-14-15-16-17-18-19-20-25-29-33-37-43(52)64-41(39-63-68(60,61)66-49-46(55)44(53)45(54)48(47(49)56)65-67(57,58)59)38-62-42(51)36-32-28-24-22-21-23-27-31-35-40(50)34-30-26-10-8-6-4-2/h6,8,11-12,14-15,17-18,22-24,26-27,30-31,35,40-41,44-50,53-56H,3-5,7,9-10,13,16,19-21,25,28-29,32-34,36-39H2,1-2H3,(H,60,61)(H2,57,58,59)/b8-6-,12-11-,15-14-,18-17-,24-22-,27-23-,30-26-,35-31+/t40?,41-,44?,45?,46?,47?,48-,49+/m1/s1. The fourth-order valence-electron chi connectivity index (χ4n) is 6.50. The zero-order chi connectivity index (χ0) is 50.5. The Morgan fingerprint density at radius 3 is 1.71 bits per heavy atom. The van der Waals surface area contributed by atoms with Crippen LogP contribution in [0.3, 0.4) is 0 Å². The number of carbonyl (C=O) groups is 2. The molecule has 0 aromatic heterocycles. The third-order valence-corrected chi connectivity index (χ3v) is 11.7. The van der Waals surface area contributed by atoms with E-state index in [1.165, 1.54) is 19.3 Å². The maximum atomic E-state index is 13.0. The Hall–Kier alpha value is -3.12. The van der Waals surface area contributed by atoms with E-state index in [0.717, 1.165) is 57.8 Å². The fourth-order valence-corrected chi connectivity index (χ4v) is 8.04. The highest BCUT2D eigenvalue weighted by Gasteiger charge is 2.54. The molecule has 1 saturated carbocycles. The molecule has 1 fully saturated rings. The Morgan fingerprint density at radius 1 is 0.559 bits per heavy atom. The normalized spacial score (nSPS) is 22.6. The average molecular weight is 1000 g/mol. The minimum atomic E-state index is -5.38. The van der Waals surface area contributed by atoms with Crippen LogP contribution in [0.25, 0.3) is 0 Å². The molecular formula is C49H80O17P2. The zero-order valence-electron chi connectivity index (χ0n) is 39.9. The molecule has 68 heavy (non-hydrogen) atoms. The Kier molecular flexibility index (Phi) is 35.7. The molecule has 8 N–H and O–H groups in total. The van der Waals surface area contributed by atoms with Crippen molar-refractivity contribution in [3.8, 4) is 0 Å². The predicted molar refractivity (Wildman–Crippen MR) is 261 cm³/mol. The lowest BCUT2D eigenvalue weighted by Crippen LogP contribution is -2.64. The highest BCUT2D eigenvalue weighted by molar-refractivity contribution is 7.47. The van der Waals surface area contributed by atoms with Crippen LogP contribution in [-0.2, 0) is 41.8 Å². The molecule has 1 rings (SSSR count). The molecule has 1 aliphatic carbocycles. The van der Waals surface area contributed by atoms with E-state index < -0.39 is 89.6 Å². The van der Waals surface area contributed by atoms with Gasteiger partial charge in [0.25, 0.3) is 0 Å². The third kappa shape index (κ3) is 32.6. The van der Waals surface area contributed by atoms with Crippen LogP contribution in [0.2, 0.25) is 0 Å². The first-order valence-corrected chi connectivity index (χ1v) is 26.9. The summed E-state index contributed by atoms with van der Waals surface area (Å²) < 4.78 is 49.3. The summed E-state index contributed by atoms with van der Waals surface area (Å²) in [5.41, 5.74) is 0. The quantitative estimate of drug-likeness (QED) is 0.00953. The molecule has 0 aromatic carbocycles. The number of aliphatic hydroxyl groups is 5. The summed E-state index contributed by atoms with van der Waals surface area (Å²) in [6.45, 7) is 2.81. The van der Waals surface area contributed by atoms with Gasteiger partial charge in [-0.1, -0.05) is 137 Å². The largest absolute Gasteiger partial charge is 0.472 e. The molecule has 19 heteroatoms. The van der Waals surface area contributed by atoms with Crippen molar-refractivity contribution in [1.82, 2.24) is 0 Å². The van der Waals surface area contributed by atoms with Crippen molar-refractivity contribution in [2.45, 2.75) is 185 Å². The summed E-state index contributed by atoms with van der Waals surface area (Å²) in [6.07, 6.45) is 31.0. The molecular weight excluding hydrogens is 922 g/mol. The van der Waals surface area contributed by atoms with Crippen LogP contribution in [0.15, 0.2) is 97.2 Å². The average Bonchev–Trinajstić information content (AvgIpc) is 3.29. The summed E-state index contributed by atoms with van der Waals surface area (Å²) in [5, 5.41) is 51.3. The van der Waals surface area contributed by atoms with Gasteiger partial charge in [0.05, 0.1) is 12.7 Å². The minimum absolute atomic E-state index is 0.000501. The smallest absolute Gasteiger partial charge is 0.462 e. The SMILES string of the molecule is CC/C=C\C/C=C\CC(O)/C=C/C=C\C/C=C\CCCC(=O)OC[C@H](COP(=O)(O)O[C@H]1C(O)C(O)C(O)[C@@H](OP(=O)(O)O)C1O)OC(=O)CCCCCC/C=C\C/C=C\C/C=C\CCCCC. The van der Waals surface area contributed by atoms with Gasteiger partial charge in [0, 0.05) is 12.8 Å². The second kappa shape index (κ2) is 38.6. The van der Waals surface area contributed by atoms with E-state index in [1.54, 1.807) is 12.2 Å². The van der Waals surface area contributed by atoms with Crippen LogP contribution in [0.1, 0.15) is 136 Å². The first kappa shape index (κ1) is 62.9. The van der Waals surface area contributed by atoms with Gasteiger partial charge in [-0.2, -0.15) is 0 Å². The number of ether oxygens (including phenoxy) is 2. The van der Waals surface area contributed by atoms with Gasteiger partial charge in [-0.05, 0) is 83.5 Å². The van der Waals surface area contributed by atoms with Crippen molar-refractivity contribution in [2.75, 3.05) is 13.2 Å². The van der Waals surface area contributed by atoms with Gasteiger partial charge in [0.15, 0.2) is 6.10 Å². The molecule has 0 spiro atoms. The lowest BCUT2D eigenvalue weighted by atomic mass is 9.85. The van der Waals surface area contributed by atoms with E-state index in [1.807, 2.05) is 36.5 Å². The van der Waals surface area contributed by atoms with Crippen LogP contribution in [-0.4, -0.2) is 114 Å². The van der Waals surface area contributed by atoms with Gasteiger partial charge in [-0.25, -0.2) is 9.13 Å². The summed E-state index contributed by atoms with van der Waals surface area (Å²) >= 11 is 0. The molecule has 17 nitrogen and oxygen atoms in total. The number of phosphoric ester groups is 2. The summed E-state index contributed by atoms with van der Waals surface area (Å²) in [7, 11) is -10.7. The second-order valence-corrected chi connectivity index (χ2v) is 18.9. The molecule has 0 bridgehead atoms. The molecule has 9 atom stereocenters. The molecule has 0 radical (unpaired) electrons. The second-order valence-electron chi connectivity index (χ2n) is 16.3. The molecule has 6 unspecified atom stereocenters. The van der Waals surface area contributed by atoms with Crippen LogP contribution in [0.4, 0.5) is 0 Å². The topological polar surface area (TPSA) is 276 Å². The van der Waals surface area contributed by atoms with Crippen molar-refractivity contribution in [3.63, 3.8) is 0 Å². The van der Waals surface area contributed by atoms with Crippen LogP contribution >= 0.6 is 15.6 Å². The fraction of sp³-hybridized carbons (Fsp3) is 0.633. The number of allylic oxidation sites excluding steroid dienone is 14. The van der Waals surface area contributed by atoms with E-state index in [0.29, 0.717) is 32.1 Å². The molecule has 0 saturated heterocycles. The van der Waals surface area contributed by atoms with Crippen molar-refractivity contribution < 1.29 is 82.0 Å².